The molecule has 1 aromatic heterocycles. The summed E-state index contributed by atoms with van der Waals surface area (Å²) in [6.45, 7) is 6.73. The second-order valence-electron chi connectivity index (χ2n) is 8.86. The predicted octanol–water partition coefficient (Wildman–Crippen LogP) is 3.59. The van der Waals surface area contributed by atoms with Gasteiger partial charge < -0.3 is 14.3 Å². The lowest BCUT2D eigenvalue weighted by atomic mass is 9.88. The number of sulfonamides is 1. The van der Waals surface area contributed by atoms with E-state index in [0.29, 0.717) is 5.56 Å². The summed E-state index contributed by atoms with van der Waals surface area (Å²) in [6.07, 6.45) is 0.223. The summed E-state index contributed by atoms with van der Waals surface area (Å²) in [6, 6.07) is 4.27. The summed E-state index contributed by atoms with van der Waals surface area (Å²) in [5.41, 5.74) is 0.439. The minimum atomic E-state index is -4.38. The zero-order chi connectivity index (χ0) is 25.7. The van der Waals surface area contributed by atoms with Crippen LogP contribution in [0.4, 0.5) is 4.39 Å². The van der Waals surface area contributed by atoms with E-state index in [1.165, 1.54) is 25.1 Å². The summed E-state index contributed by atoms with van der Waals surface area (Å²) in [5.74, 6) is -2.59. The molecule has 3 N–H and O–H groups in total. The van der Waals surface area contributed by atoms with Crippen LogP contribution in [-0.2, 0) is 15.6 Å². The van der Waals surface area contributed by atoms with Crippen LogP contribution < -0.4 is 15.2 Å². The lowest BCUT2D eigenvalue weighted by Crippen LogP contribution is -2.35. The Hall–Kier alpha value is -2.73. The van der Waals surface area contributed by atoms with Gasteiger partial charge in [-0.3, -0.25) is 0 Å². The van der Waals surface area contributed by atoms with Gasteiger partial charge in [0.05, 0.1) is 17.2 Å². The van der Waals surface area contributed by atoms with Gasteiger partial charge in [-0.25, -0.2) is 22.7 Å². The number of ether oxygens (including phenoxy) is 1. The Balaban J connectivity index is 1.84. The van der Waals surface area contributed by atoms with E-state index in [2.05, 4.69) is 14.9 Å². The number of hydrogen-bond donors (Lipinski definition) is 3. The highest BCUT2D eigenvalue weighted by atomic mass is 35.5. The van der Waals surface area contributed by atoms with Gasteiger partial charge in [-0.1, -0.05) is 24.6 Å². The van der Waals surface area contributed by atoms with Crippen LogP contribution in [0.3, 0.4) is 0 Å². The third-order valence-corrected chi connectivity index (χ3v) is 8.20. The Morgan fingerprint density at radius 1 is 1.29 bits per heavy atom. The summed E-state index contributed by atoms with van der Waals surface area (Å²) < 4.78 is 55.4. The maximum absolute atomic E-state index is 14.9. The van der Waals surface area contributed by atoms with Gasteiger partial charge in [0.25, 0.3) is 0 Å². The maximum Gasteiger partial charge on any atom is 0.434 e. The Kier molecular flexibility index (Phi) is 6.56. The van der Waals surface area contributed by atoms with E-state index >= 15 is 0 Å². The summed E-state index contributed by atoms with van der Waals surface area (Å²) in [4.78, 5) is 11.4. The number of H-pyrrole nitrogens is 1. The van der Waals surface area contributed by atoms with E-state index < -0.39 is 39.2 Å². The number of nitrogens with zero attached hydrogens (tertiary/aromatic N) is 1. The number of aliphatic hydroxyl groups is 1. The molecule has 0 radical (unpaired) electrons. The lowest BCUT2D eigenvalue weighted by molar-refractivity contribution is 0.0135. The highest BCUT2D eigenvalue weighted by Crippen LogP contribution is 2.45. The first-order chi connectivity index (χ1) is 16.3. The number of nitrogens with one attached hydrogen (secondary N) is 2. The molecule has 0 saturated carbocycles. The molecule has 0 spiro atoms. The van der Waals surface area contributed by atoms with Crippen LogP contribution in [-0.4, -0.2) is 30.3 Å². The molecule has 4 rings (SSSR count). The Labute approximate surface area is 206 Å². The normalized spacial score (nSPS) is 19.6. The molecule has 0 fully saturated rings. The number of aryl methyl sites for hydroxylation is 1. The van der Waals surface area contributed by atoms with Crippen LogP contribution in [0.5, 0.6) is 5.75 Å². The van der Waals surface area contributed by atoms with Crippen molar-refractivity contribution in [2.75, 3.05) is 6.61 Å². The van der Waals surface area contributed by atoms with Crippen molar-refractivity contribution in [3.8, 4) is 5.75 Å². The SMILES string of the molecule is Cc1ccc(F)c([C@@H](C)[C@H](NS(=O)(=O)c2ccc(Cl)c3c2OCCC3(C)O)c2n[nH]c(=O)o2)c1C. The molecule has 0 saturated heterocycles. The van der Waals surface area contributed by atoms with Crippen LogP contribution >= 0.6 is 11.6 Å². The molecule has 188 valence electrons. The number of hydrogen-bond acceptors (Lipinski definition) is 7. The van der Waals surface area contributed by atoms with E-state index in [9.17, 15) is 22.7 Å². The number of aromatic nitrogens is 2. The maximum atomic E-state index is 14.9. The average Bonchev–Trinajstić information content (AvgIpc) is 3.20. The van der Waals surface area contributed by atoms with Crippen LogP contribution in [0, 0.1) is 19.7 Å². The standard InChI is InChI=1S/C23H25ClFN3O6S/c1-11-5-7-15(25)17(12(11)2)13(3)19(21-26-27-22(29)34-21)28-35(31,32)16-8-6-14(24)18-20(16)33-10-9-23(18,4)30/h5-8,13,19,28,30H,9-10H2,1-4H3,(H,27,29)/t13-,19+,23?/m1/s1. The molecule has 0 aliphatic carbocycles. The number of aromatic amines is 1. The van der Waals surface area contributed by atoms with E-state index in [0.717, 1.165) is 5.56 Å². The predicted molar refractivity (Wildman–Crippen MR) is 126 cm³/mol. The largest absolute Gasteiger partial charge is 0.492 e. The van der Waals surface area contributed by atoms with E-state index in [1.54, 1.807) is 19.9 Å². The van der Waals surface area contributed by atoms with Crippen LogP contribution in [0.15, 0.2) is 38.4 Å². The minimum Gasteiger partial charge on any atom is -0.492 e. The second kappa shape index (κ2) is 9.05. The Bertz CT molecular complexity index is 1450. The fourth-order valence-electron chi connectivity index (χ4n) is 4.37. The van der Waals surface area contributed by atoms with Gasteiger partial charge in [-0.15, -0.1) is 5.10 Å². The van der Waals surface area contributed by atoms with Crippen LogP contribution in [0.1, 0.15) is 60.4 Å². The second-order valence-corrected chi connectivity index (χ2v) is 11.0. The highest BCUT2D eigenvalue weighted by Gasteiger charge is 2.39. The van der Waals surface area contributed by atoms with Crippen molar-refractivity contribution in [1.82, 2.24) is 14.9 Å². The van der Waals surface area contributed by atoms with Gasteiger partial charge in [-0.2, -0.15) is 4.72 Å². The van der Waals surface area contributed by atoms with Gasteiger partial charge in [-0.05, 0) is 55.7 Å². The van der Waals surface area contributed by atoms with E-state index in [-0.39, 0.29) is 45.7 Å². The fraction of sp³-hybridized carbons (Fsp3) is 0.391. The molecule has 12 heteroatoms. The fourth-order valence-corrected chi connectivity index (χ4v) is 6.15. The molecule has 0 bridgehead atoms. The first kappa shape index (κ1) is 25.4. The Morgan fingerprint density at radius 3 is 2.66 bits per heavy atom. The molecule has 1 aliphatic heterocycles. The number of fused-ring (bicyclic) bond motifs is 1. The molecule has 3 aromatic rings. The minimum absolute atomic E-state index is 0.0740. The van der Waals surface area contributed by atoms with Crippen molar-refractivity contribution >= 4 is 21.6 Å². The van der Waals surface area contributed by atoms with Crippen molar-refractivity contribution in [2.24, 2.45) is 0 Å². The molecule has 2 heterocycles. The molecule has 9 nitrogen and oxygen atoms in total. The van der Waals surface area contributed by atoms with Crippen molar-refractivity contribution in [2.45, 2.75) is 56.6 Å². The molecule has 2 aromatic carbocycles. The van der Waals surface area contributed by atoms with E-state index in [1.807, 2.05) is 6.92 Å². The van der Waals surface area contributed by atoms with Gasteiger partial charge >= 0.3 is 5.76 Å². The van der Waals surface area contributed by atoms with Crippen molar-refractivity contribution in [3.05, 3.63) is 73.8 Å². The molecule has 1 unspecified atom stereocenters. The Morgan fingerprint density at radius 2 is 2.00 bits per heavy atom. The number of rotatable bonds is 6. The molecule has 1 aliphatic rings. The molecule has 0 amide bonds. The van der Waals surface area contributed by atoms with Gasteiger partial charge in [0.15, 0.2) is 0 Å². The first-order valence-electron chi connectivity index (χ1n) is 10.8. The van der Waals surface area contributed by atoms with Gasteiger partial charge in [0.2, 0.25) is 15.9 Å². The highest BCUT2D eigenvalue weighted by molar-refractivity contribution is 7.89. The molecular formula is C23H25ClFN3O6S. The van der Waals surface area contributed by atoms with Crippen molar-refractivity contribution in [1.29, 1.82) is 0 Å². The molecule has 3 atom stereocenters. The average molecular weight is 526 g/mol. The summed E-state index contributed by atoms with van der Waals surface area (Å²) >= 11 is 6.27. The monoisotopic (exact) mass is 525 g/mol. The number of halogens is 2. The van der Waals surface area contributed by atoms with Crippen molar-refractivity contribution in [3.63, 3.8) is 0 Å². The zero-order valence-corrected chi connectivity index (χ0v) is 21.1. The third kappa shape index (κ3) is 4.61. The molecule has 35 heavy (non-hydrogen) atoms. The summed E-state index contributed by atoms with van der Waals surface area (Å²) in [5, 5.41) is 16.9. The van der Waals surface area contributed by atoms with Crippen molar-refractivity contribution < 1.29 is 27.1 Å². The van der Waals surface area contributed by atoms with Gasteiger partial charge in [0, 0.05) is 17.9 Å². The topological polar surface area (TPSA) is 135 Å². The summed E-state index contributed by atoms with van der Waals surface area (Å²) in [7, 11) is -4.38. The lowest BCUT2D eigenvalue weighted by Gasteiger charge is -2.33. The van der Waals surface area contributed by atoms with Crippen LogP contribution in [0.2, 0.25) is 5.02 Å². The quantitative estimate of drug-likeness (QED) is 0.447. The zero-order valence-electron chi connectivity index (χ0n) is 19.5. The first-order valence-corrected chi connectivity index (χ1v) is 12.7. The van der Waals surface area contributed by atoms with Crippen LogP contribution in [0.25, 0.3) is 0 Å². The van der Waals surface area contributed by atoms with E-state index in [4.69, 9.17) is 20.8 Å². The smallest absolute Gasteiger partial charge is 0.434 e. The molecular weight excluding hydrogens is 501 g/mol. The van der Waals surface area contributed by atoms with Gasteiger partial charge in [0.1, 0.15) is 22.5 Å². The third-order valence-electron chi connectivity index (χ3n) is 6.42. The number of benzene rings is 2.